The molecule has 62 valence electrons. The zero-order valence-corrected chi connectivity index (χ0v) is 5.50. The number of aromatic nitrogens is 8. The smallest absolute Gasteiger partial charge is 0.408 e. The van der Waals surface area contributed by atoms with E-state index < -0.39 is 0 Å². The number of rotatable bonds is 1. The van der Waals surface area contributed by atoms with Crippen LogP contribution in [0.1, 0.15) is 0 Å². The minimum absolute atomic E-state index is 0.201. The summed E-state index contributed by atoms with van der Waals surface area (Å²) in [6.07, 6.45) is 0. The average Bonchev–Trinajstić information content (AvgIpc) is 2.59. The molecule has 2 aromatic heterocycles. The number of H-pyrrole nitrogens is 2. The molecule has 2 aromatic rings. The van der Waals surface area contributed by atoms with Gasteiger partial charge in [-0.1, -0.05) is 10.4 Å². The lowest BCUT2D eigenvalue weighted by molar-refractivity contribution is -0.688. The Kier molecular flexibility index (Phi) is 1.14. The highest BCUT2D eigenvalue weighted by molar-refractivity contribution is 5.29. The van der Waals surface area contributed by atoms with Crippen LogP contribution in [0.5, 0.6) is 0 Å². The molecule has 12 heavy (non-hydrogen) atoms. The van der Waals surface area contributed by atoms with Crippen molar-refractivity contribution in [1.29, 1.82) is 0 Å². The van der Waals surface area contributed by atoms with Crippen molar-refractivity contribution in [2.24, 2.45) is 0 Å². The molecular weight excluding hydrogens is 168 g/mol. The molecule has 2 rings (SSSR count). The van der Waals surface area contributed by atoms with Gasteiger partial charge in [-0.15, -0.1) is 0 Å². The van der Waals surface area contributed by atoms with Crippen LogP contribution in [-0.2, 0) is 0 Å². The molecule has 0 radical (unpaired) electrons. The van der Waals surface area contributed by atoms with Crippen molar-refractivity contribution in [2.75, 3.05) is 0 Å². The summed E-state index contributed by atoms with van der Waals surface area (Å²) in [5.41, 5.74) is 0. The molecule has 0 aliphatic heterocycles. The molecule has 0 unspecified atom stereocenters. The first-order chi connectivity index (χ1) is 5.79. The second-order valence-corrected chi connectivity index (χ2v) is 1.84. The third-order valence-electron chi connectivity index (χ3n) is 1.15. The van der Waals surface area contributed by atoms with Crippen LogP contribution < -0.4 is 9.69 Å². The summed E-state index contributed by atoms with van der Waals surface area (Å²) in [7, 11) is 0. The minimum Gasteiger partial charge on any atom is -0.723 e. The van der Waals surface area contributed by atoms with Crippen LogP contribution in [0, 0.1) is 10.4 Å². The van der Waals surface area contributed by atoms with Crippen LogP contribution in [-0.4, -0.2) is 31.1 Å². The monoisotopic (exact) mass is 170 g/mol. The fraction of sp³-hybridized carbons (Fsp3) is 0. The zero-order valence-electron chi connectivity index (χ0n) is 5.50. The molecule has 10 heteroatoms. The van der Waals surface area contributed by atoms with Crippen molar-refractivity contribution in [3.8, 4) is 11.6 Å². The Labute approximate surface area is 64.0 Å². The van der Waals surface area contributed by atoms with Gasteiger partial charge in [-0.05, 0) is 0 Å². The van der Waals surface area contributed by atoms with Gasteiger partial charge in [-0.25, -0.2) is 0 Å². The second-order valence-electron chi connectivity index (χ2n) is 1.84. The molecule has 0 bridgehead atoms. The Morgan fingerprint density at radius 2 is 1.33 bits per heavy atom. The molecule has 0 saturated heterocycles. The highest BCUT2D eigenvalue weighted by Crippen LogP contribution is 1.96. The summed E-state index contributed by atoms with van der Waals surface area (Å²) in [5, 5.41) is 38.4. The molecule has 0 aliphatic rings. The van der Waals surface area contributed by atoms with Crippen molar-refractivity contribution in [2.45, 2.75) is 0 Å². The maximum atomic E-state index is 10.8. The number of hydrogen-bond acceptors (Lipinski definition) is 6. The van der Waals surface area contributed by atoms with E-state index in [0.717, 1.165) is 0 Å². The lowest BCUT2D eigenvalue weighted by Gasteiger charge is -1.96. The third kappa shape index (κ3) is 0.744. The maximum Gasteiger partial charge on any atom is 0.408 e. The highest BCUT2D eigenvalue weighted by atomic mass is 16.5. The van der Waals surface area contributed by atoms with Gasteiger partial charge in [0.25, 0.3) is 0 Å². The SMILES string of the molecule is [O-][n+]1[nH]nnc1-c1nn[nH][n+]1[O-]. The van der Waals surface area contributed by atoms with Gasteiger partial charge in [0.05, 0.1) is 0 Å². The van der Waals surface area contributed by atoms with Crippen LogP contribution in [0.25, 0.3) is 11.6 Å². The van der Waals surface area contributed by atoms with Gasteiger partial charge in [0, 0.05) is 0 Å². The van der Waals surface area contributed by atoms with Gasteiger partial charge < -0.3 is 10.4 Å². The number of nitrogens with one attached hydrogen (secondary N) is 2. The highest BCUT2D eigenvalue weighted by Gasteiger charge is 2.25. The van der Waals surface area contributed by atoms with Crippen LogP contribution in [0.15, 0.2) is 0 Å². The van der Waals surface area contributed by atoms with Crippen LogP contribution in [0.4, 0.5) is 0 Å². The van der Waals surface area contributed by atoms with Crippen LogP contribution >= 0.6 is 0 Å². The van der Waals surface area contributed by atoms with Crippen LogP contribution in [0.3, 0.4) is 0 Å². The summed E-state index contributed by atoms with van der Waals surface area (Å²) in [6.45, 7) is 0. The molecule has 0 fully saturated rings. The Hall–Kier alpha value is -2.26. The molecule has 0 saturated carbocycles. The summed E-state index contributed by atoms with van der Waals surface area (Å²) in [4.78, 5) is 0.401. The van der Waals surface area contributed by atoms with E-state index in [9.17, 15) is 10.4 Å². The Balaban J connectivity index is 2.57. The third-order valence-corrected chi connectivity index (χ3v) is 1.15. The van der Waals surface area contributed by atoms with Crippen molar-refractivity contribution in [3.63, 3.8) is 0 Å². The Morgan fingerprint density at radius 1 is 0.917 bits per heavy atom. The largest absolute Gasteiger partial charge is 0.723 e. The molecule has 2 heterocycles. The van der Waals surface area contributed by atoms with Gasteiger partial charge in [-0.3, -0.25) is 0 Å². The second kappa shape index (κ2) is 2.11. The lowest BCUT2D eigenvalue weighted by atomic mass is 10.6. The fourth-order valence-electron chi connectivity index (χ4n) is 0.668. The van der Waals surface area contributed by atoms with Crippen molar-refractivity contribution < 1.29 is 9.69 Å². The first-order valence-corrected chi connectivity index (χ1v) is 2.80. The summed E-state index contributed by atoms with van der Waals surface area (Å²) in [5.74, 6) is -0.475. The van der Waals surface area contributed by atoms with Gasteiger partial charge in [0.2, 0.25) is 0 Å². The van der Waals surface area contributed by atoms with Gasteiger partial charge in [0.1, 0.15) is 10.2 Å². The van der Waals surface area contributed by atoms with E-state index >= 15 is 0 Å². The Morgan fingerprint density at radius 3 is 1.58 bits per heavy atom. The quantitative estimate of drug-likeness (QED) is 0.342. The molecule has 2 N–H and O–H groups in total. The number of hydrogen-bond donors (Lipinski definition) is 2. The van der Waals surface area contributed by atoms with Gasteiger partial charge in [0.15, 0.2) is 10.4 Å². The first-order valence-electron chi connectivity index (χ1n) is 2.80. The molecule has 0 spiro atoms. The predicted molar refractivity (Wildman–Crippen MR) is 29.7 cm³/mol. The van der Waals surface area contributed by atoms with E-state index in [0.29, 0.717) is 0 Å². The molecule has 0 atom stereocenters. The summed E-state index contributed by atoms with van der Waals surface area (Å²) in [6, 6.07) is 0. The van der Waals surface area contributed by atoms with Gasteiger partial charge in [-0.2, -0.15) is 9.69 Å². The summed E-state index contributed by atoms with van der Waals surface area (Å²) < 4.78 is 0. The van der Waals surface area contributed by atoms with E-state index in [1.54, 1.807) is 0 Å². The van der Waals surface area contributed by atoms with E-state index in [2.05, 4.69) is 20.6 Å². The number of tetrazole rings is 2. The van der Waals surface area contributed by atoms with Crippen molar-refractivity contribution in [1.82, 2.24) is 31.1 Å². The van der Waals surface area contributed by atoms with Crippen molar-refractivity contribution in [3.05, 3.63) is 10.4 Å². The zero-order chi connectivity index (χ0) is 8.55. The molecule has 0 amide bonds. The lowest BCUT2D eigenvalue weighted by Crippen LogP contribution is -2.37. The van der Waals surface area contributed by atoms with E-state index in [1.165, 1.54) is 0 Å². The topological polar surface area (TPSA) is 137 Å². The molecule has 10 nitrogen and oxygen atoms in total. The molecule has 0 aliphatic carbocycles. The van der Waals surface area contributed by atoms with Gasteiger partial charge >= 0.3 is 11.6 Å². The number of aromatic amines is 2. The minimum atomic E-state index is -0.237. The van der Waals surface area contributed by atoms with Crippen LogP contribution in [0.2, 0.25) is 0 Å². The maximum absolute atomic E-state index is 10.8. The number of nitrogens with zero attached hydrogens (tertiary/aromatic N) is 6. The van der Waals surface area contributed by atoms with Crippen molar-refractivity contribution >= 4 is 0 Å². The normalized spacial score (nSPS) is 10.3. The van der Waals surface area contributed by atoms with E-state index in [-0.39, 0.29) is 21.3 Å². The van der Waals surface area contributed by atoms with E-state index in [4.69, 9.17) is 0 Å². The summed E-state index contributed by atoms with van der Waals surface area (Å²) >= 11 is 0. The Bertz CT molecular complexity index is 351. The molecule has 0 aromatic carbocycles. The average molecular weight is 170 g/mol. The first kappa shape index (κ1) is 6.45. The predicted octanol–water partition coefficient (Wildman–Crippen LogP) is -3.14. The van der Waals surface area contributed by atoms with E-state index in [1.807, 2.05) is 10.4 Å². The standard InChI is InChI=1S/C2H2N8O2/c11-9-1(3-5-7-9)2-4-6-8-10(2)12/h(H,3,7)(H,4,8). The molecular formula is C2H2N8O2. The fourth-order valence-corrected chi connectivity index (χ4v) is 0.668.